The van der Waals surface area contributed by atoms with Crippen molar-refractivity contribution in [3.8, 4) is 0 Å². The van der Waals surface area contributed by atoms with Gasteiger partial charge in [0, 0.05) is 18.8 Å². The maximum absolute atomic E-state index is 11.7. The van der Waals surface area contributed by atoms with Crippen LogP contribution in [0.4, 0.5) is 5.69 Å². The normalized spacial score (nSPS) is 10.6. The number of nitrogens with zero attached hydrogens (tertiary/aromatic N) is 1. The van der Waals surface area contributed by atoms with E-state index in [1.165, 1.54) is 5.56 Å². The maximum Gasteiger partial charge on any atom is 0.307 e. The van der Waals surface area contributed by atoms with E-state index in [0.29, 0.717) is 13.0 Å². The highest BCUT2D eigenvalue weighted by Crippen LogP contribution is 2.18. The van der Waals surface area contributed by atoms with E-state index in [1.54, 1.807) is 11.3 Å². The molecule has 112 valence electrons. The number of hydrogen-bond acceptors (Lipinski definition) is 4. The first kappa shape index (κ1) is 15.6. The molecule has 0 amide bonds. The van der Waals surface area contributed by atoms with Crippen LogP contribution in [0.15, 0.2) is 47.2 Å². The molecule has 21 heavy (non-hydrogen) atoms. The summed E-state index contributed by atoms with van der Waals surface area (Å²) in [6.45, 7) is 5.21. The molecule has 2 aromatic rings. The first-order valence-corrected chi connectivity index (χ1v) is 8.10. The van der Waals surface area contributed by atoms with Crippen LogP contribution < -0.4 is 4.90 Å². The first-order valence-electron chi connectivity index (χ1n) is 7.15. The molecule has 0 radical (unpaired) electrons. The number of thiophene rings is 1. The Morgan fingerprint density at radius 2 is 2.00 bits per heavy atom. The van der Waals surface area contributed by atoms with E-state index in [1.807, 2.05) is 32.0 Å². The lowest BCUT2D eigenvalue weighted by atomic mass is 10.2. The van der Waals surface area contributed by atoms with Crippen molar-refractivity contribution in [3.63, 3.8) is 0 Å². The number of ether oxygens (including phenoxy) is 1. The van der Waals surface area contributed by atoms with Gasteiger partial charge < -0.3 is 9.64 Å². The second-order valence-electron chi connectivity index (χ2n) is 5.18. The molecule has 0 saturated carbocycles. The quantitative estimate of drug-likeness (QED) is 0.721. The second-order valence-corrected chi connectivity index (χ2v) is 5.96. The van der Waals surface area contributed by atoms with Gasteiger partial charge in [0.2, 0.25) is 0 Å². The van der Waals surface area contributed by atoms with Gasteiger partial charge in [-0.05, 0) is 48.4 Å². The van der Waals surface area contributed by atoms with Gasteiger partial charge >= 0.3 is 5.97 Å². The SMILES string of the molecule is CC(C)OC(=O)CCN(Cc1ccsc1)c1ccccc1. The summed E-state index contributed by atoms with van der Waals surface area (Å²) in [7, 11) is 0. The average molecular weight is 303 g/mol. The van der Waals surface area contributed by atoms with Gasteiger partial charge in [-0.15, -0.1) is 0 Å². The van der Waals surface area contributed by atoms with Crippen molar-refractivity contribution in [1.82, 2.24) is 0 Å². The largest absolute Gasteiger partial charge is 0.463 e. The van der Waals surface area contributed by atoms with Gasteiger partial charge in [0.15, 0.2) is 0 Å². The minimum absolute atomic E-state index is 0.0560. The molecule has 2 rings (SSSR count). The van der Waals surface area contributed by atoms with Crippen LogP contribution in [-0.2, 0) is 16.1 Å². The number of anilines is 1. The highest BCUT2D eigenvalue weighted by atomic mass is 32.1. The van der Waals surface area contributed by atoms with Crippen molar-refractivity contribution >= 4 is 23.0 Å². The van der Waals surface area contributed by atoms with Crippen LogP contribution in [0.1, 0.15) is 25.8 Å². The summed E-state index contributed by atoms with van der Waals surface area (Å²) in [5, 5.41) is 4.22. The van der Waals surface area contributed by atoms with Gasteiger partial charge in [0.1, 0.15) is 0 Å². The molecule has 3 nitrogen and oxygen atoms in total. The van der Waals surface area contributed by atoms with Crippen molar-refractivity contribution in [1.29, 1.82) is 0 Å². The Morgan fingerprint density at radius 1 is 1.24 bits per heavy atom. The lowest BCUT2D eigenvalue weighted by Crippen LogP contribution is -2.26. The van der Waals surface area contributed by atoms with E-state index in [9.17, 15) is 4.79 Å². The molecule has 4 heteroatoms. The molecule has 0 bridgehead atoms. The number of hydrogen-bond donors (Lipinski definition) is 0. The molecule has 0 N–H and O–H groups in total. The standard InChI is InChI=1S/C17H21NO2S/c1-14(2)20-17(19)8-10-18(12-15-9-11-21-13-15)16-6-4-3-5-7-16/h3-7,9,11,13-14H,8,10,12H2,1-2H3. The molecular weight excluding hydrogens is 282 g/mol. The summed E-state index contributed by atoms with van der Waals surface area (Å²) >= 11 is 1.69. The highest BCUT2D eigenvalue weighted by molar-refractivity contribution is 7.07. The number of carbonyl (C=O) groups is 1. The molecule has 1 heterocycles. The van der Waals surface area contributed by atoms with Crippen molar-refractivity contribution < 1.29 is 9.53 Å². The molecular formula is C17H21NO2S. The van der Waals surface area contributed by atoms with Crippen molar-refractivity contribution in [2.45, 2.75) is 32.9 Å². The summed E-state index contributed by atoms with van der Waals surface area (Å²) in [5.74, 6) is -0.142. The van der Waals surface area contributed by atoms with Crippen molar-refractivity contribution in [2.24, 2.45) is 0 Å². The van der Waals surface area contributed by atoms with E-state index in [-0.39, 0.29) is 12.1 Å². The second kappa shape index (κ2) is 7.84. The van der Waals surface area contributed by atoms with Gasteiger partial charge in [-0.2, -0.15) is 11.3 Å². The fraction of sp³-hybridized carbons (Fsp3) is 0.353. The fourth-order valence-electron chi connectivity index (χ4n) is 2.09. The van der Waals surface area contributed by atoms with Crippen LogP contribution >= 0.6 is 11.3 Å². The van der Waals surface area contributed by atoms with Crippen LogP contribution in [0, 0.1) is 0 Å². The van der Waals surface area contributed by atoms with Crippen LogP contribution in [0.3, 0.4) is 0 Å². The smallest absolute Gasteiger partial charge is 0.307 e. The highest BCUT2D eigenvalue weighted by Gasteiger charge is 2.12. The third-order valence-corrected chi connectivity index (χ3v) is 3.76. The van der Waals surface area contributed by atoms with Crippen LogP contribution in [0.5, 0.6) is 0 Å². The first-order chi connectivity index (χ1) is 10.1. The molecule has 0 fully saturated rings. The Hall–Kier alpha value is -1.81. The molecule has 0 unspecified atom stereocenters. The molecule has 0 aliphatic heterocycles. The Balaban J connectivity index is 2.00. The molecule has 1 aromatic heterocycles. The number of benzene rings is 1. The van der Waals surface area contributed by atoms with Crippen LogP contribution in [-0.4, -0.2) is 18.6 Å². The Morgan fingerprint density at radius 3 is 2.62 bits per heavy atom. The van der Waals surface area contributed by atoms with Gasteiger partial charge in [0.25, 0.3) is 0 Å². The summed E-state index contributed by atoms with van der Waals surface area (Å²) in [5.41, 5.74) is 2.39. The van der Waals surface area contributed by atoms with E-state index in [0.717, 1.165) is 12.2 Å². The van der Waals surface area contributed by atoms with Gasteiger partial charge in [-0.25, -0.2) is 0 Å². The topological polar surface area (TPSA) is 29.5 Å². The van der Waals surface area contributed by atoms with E-state index in [4.69, 9.17) is 4.74 Å². The van der Waals surface area contributed by atoms with Crippen molar-refractivity contribution in [2.75, 3.05) is 11.4 Å². The number of rotatable bonds is 7. The van der Waals surface area contributed by atoms with E-state index >= 15 is 0 Å². The lowest BCUT2D eigenvalue weighted by Gasteiger charge is -2.24. The number of esters is 1. The Kier molecular flexibility index (Phi) is 5.81. The molecule has 0 atom stereocenters. The fourth-order valence-corrected chi connectivity index (χ4v) is 2.75. The molecule has 0 spiro atoms. The predicted molar refractivity (Wildman–Crippen MR) is 87.7 cm³/mol. The third-order valence-electron chi connectivity index (χ3n) is 3.03. The molecule has 0 saturated heterocycles. The summed E-state index contributed by atoms with van der Waals surface area (Å²) in [4.78, 5) is 14.0. The molecule has 0 aliphatic rings. The van der Waals surface area contributed by atoms with Crippen LogP contribution in [0.2, 0.25) is 0 Å². The number of para-hydroxylation sites is 1. The molecule has 0 aliphatic carbocycles. The van der Waals surface area contributed by atoms with Gasteiger partial charge in [0.05, 0.1) is 12.5 Å². The summed E-state index contributed by atoms with van der Waals surface area (Å²) in [6.07, 6.45) is 0.344. The number of carbonyl (C=O) groups excluding carboxylic acids is 1. The van der Waals surface area contributed by atoms with Gasteiger partial charge in [-0.1, -0.05) is 18.2 Å². The monoisotopic (exact) mass is 303 g/mol. The zero-order chi connectivity index (χ0) is 15.1. The maximum atomic E-state index is 11.7. The minimum Gasteiger partial charge on any atom is -0.463 e. The lowest BCUT2D eigenvalue weighted by molar-refractivity contribution is -0.147. The average Bonchev–Trinajstić information content (AvgIpc) is 2.96. The van der Waals surface area contributed by atoms with Crippen LogP contribution in [0.25, 0.3) is 0 Å². The summed E-state index contributed by atoms with van der Waals surface area (Å²) in [6, 6.07) is 12.3. The van der Waals surface area contributed by atoms with E-state index < -0.39 is 0 Å². The zero-order valence-electron chi connectivity index (χ0n) is 12.5. The van der Waals surface area contributed by atoms with E-state index in [2.05, 4.69) is 33.9 Å². The Labute approximate surface area is 130 Å². The van der Waals surface area contributed by atoms with Crippen molar-refractivity contribution in [3.05, 3.63) is 52.7 Å². The Bertz CT molecular complexity index is 537. The van der Waals surface area contributed by atoms with Gasteiger partial charge in [-0.3, -0.25) is 4.79 Å². The third kappa shape index (κ3) is 5.23. The molecule has 1 aromatic carbocycles. The zero-order valence-corrected chi connectivity index (χ0v) is 13.3. The summed E-state index contributed by atoms with van der Waals surface area (Å²) < 4.78 is 5.21. The predicted octanol–water partition coefficient (Wildman–Crippen LogP) is 4.10. The minimum atomic E-state index is -0.142.